The molecule has 0 aromatic heterocycles. The monoisotopic (exact) mass is 388 g/mol. The molecule has 0 saturated carbocycles. The second-order valence-corrected chi connectivity index (χ2v) is 8.94. The fraction of sp³-hybridized carbons (Fsp3) is 0.350. The van der Waals surface area contributed by atoms with Gasteiger partial charge in [0, 0.05) is 25.2 Å². The van der Waals surface area contributed by atoms with Crippen LogP contribution in [0.4, 0.5) is 0 Å². The molecule has 1 N–H and O–H groups in total. The van der Waals surface area contributed by atoms with Gasteiger partial charge in [-0.15, -0.1) is 0 Å². The van der Waals surface area contributed by atoms with Gasteiger partial charge in [0.1, 0.15) is 0 Å². The number of ether oxygens (including phenoxy) is 1. The Hall–Kier alpha value is -2.22. The summed E-state index contributed by atoms with van der Waals surface area (Å²) in [5, 5.41) is 0. The van der Waals surface area contributed by atoms with Crippen molar-refractivity contribution in [2.45, 2.75) is 30.9 Å². The number of morpholine rings is 1. The van der Waals surface area contributed by atoms with Crippen LogP contribution >= 0.6 is 0 Å². The van der Waals surface area contributed by atoms with Crippen LogP contribution in [0.2, 0.25) is 0 Å². The molecule has 0 radical (unpaired) electrons. The van der Waals surface area contributed by atoms with Crippen molar-refractivity contribution in [2.75, 3.05) is 19.7 Å². The Morgan fingerprint density at radius 1 is 1.15 bits per heavy atom. The molecule has 2 aromatic rings. The van der Waals surface area contributed by atoms with Gasteiger partial charge in [0.05, 0.1) is 17.1 Å². The highest BCUT2D eigenvalue weighted by atomic mass is 32.2. The summed E-state index contributed by atoms with van der Waals surface area (Å²) in [6.07, 6.45) is 0. The lowest BCUT2D eigenvalue weighted by atomic mass is 10.1. The highest BCUT2D eigenvalue weighted by Gasteiger charge is 2.30. The van der Waals surface area contributed by atoms with Gasteiger partial charge in [-0.2, -0.15) is 0 Å². The first-order chi connectivity index (χ1) is 12.8. The number of amides is 1. The summed E-state index contributed by atoms with van der Waals surface area (Å²) in [6, 6.07) is 15.4. The Morgan fingerprint density at radius 3 is 2.59 bits per heavy atom. The fourth-order valence-electron chi connectivity index (χ4n) is 3.03. The van der Waals surface area contributed by atoms with Crippen LogP contribution in [0, 0.1) is 0 Å². The van der Waals surface area contributed by atoms with E-state index in [9.17, 15) is 13.2 Å². The molecule has 1 aliphatic rings. The van der Waals surface area contributed by atoms with Gasteiger partial charge in [0.2, 0.25) is 10.0 Å². The van der Waals surface area contributed by atoms with Gasteiger partial charge in [-0.25, -0.2) is 13.1 Å². The Morgan fingerprint density at radius 2 is 1.89 bits per heavy atom. The first-order valence-corrected chi connectivity index (χ1v) is 10.3. The second-order valence-electron chi connectivity index (χ2n) is 7.17. The van der Waals surface area contributed by atoms with Gasteiger partial charge in [0.25, 0.3) is 5.91 Å². The predicted octanol–water partition coefficient (Wildman–Crippen LogP) is 2.42. The number of hydrogen-bond acceptors (Lipinski definition) is 4. The Kier molecular flexibility index (Phi) is 5.64. The molecule has 1 saturated heterocycles. The number of nitrogens with zero attached hydrogens (tertiary/aromatic N) is 1. The van der Waals surface area contributed by atoms with Gasteiger partial charge < -0.3 is 9.64 Å². The smallest absolute Gasteiger partial charge is 0.254 e. The van der Waals surface area contributed by atoms with Crippen molar-refractivity contribution in [1.82, 2.24) is 9.62 Å². The van der Waals surface area contributed by atoms with E-state index in [0.717, 1.165) is 5.56 Å². The lowest BCUT2D eigenvalue weighted by Gasteiger charge is -2.38. The van der Waals surface area contributed by atoms with Crippen molar-refractivity contribution in [3.63, 3.8) is 0 Å². The van der Waals surface area contributed by atoms with E-state index in [2.05, 4.69) is 4.72 Å². The number of benzene rings is 2. The zero-order valence-electron chi connectivity index (χ0n) is 15.5. The first kappa shape index (κ1) is 19.5. The van der Waals surface area contributed by atoms with Crippen LogP contribution in [-0.4, -0.2) is 44.5 Å². The minimum Gasteiger partial charge on any atom is -0.372 e. The number of sulfonamides is 1. The Balaban J connectivity index is 1.75. The second kappa shape index (κ2) is 7.80. The SMILES string of the molecule is CC1(C)CN(C(=O)c2cccc(S(=O)(=O)NCc3ccccc3)c2)CCO1. The maximum atomic E-state index is 12.8. The highest BCUT2D eigenvalue weighted by Crippen LogP contribution is 2.20. The van der Waals surface area contributed by atoms with Gasteiger partial charge in [-0.05, 0) is 37.6 Å². The van der Waals surface area contributed by atoms with E-state index in [1.807, 2.05) is 44.2 Å². The van der Waals surface area contributed by atoms with Crippen molar-refractivity contribution in [3.05, 3.63) is 65.7 Å². The van der Waals surface area contributed by atoms with E-state index >= 15 is 0 Å². The van der Waals surface area contributed by atoms with Crippen LogP contribution in [0.3, 0.4) is 0 Å². The minimum absolute atomic E-state index is 0.0804. The average molecular weight is 388 g/mol. The predicted molar refractivity (Wildman–Crippen MR) is 103 cm³/mol. The van der Waals surface area contributed by atoms with Crippen LogP contribution in [0.1, 0.15) is 29.8 Å². The van der Waals surface area contributed by atoms with Crippen LogP contribution in [-0.2, 0) is 21.3 Å². The maximum Gasteiger partial charge on any atom is 0.254 e. The Bertz CT molecular complexity index is 911. The molecule has 0 bridgehead atoms. The quantitative estimate of drug-likeness (QED) is 0.854. The molecule has 6 nitrogen and oxygen atoms in total. The van der Waals surface area contributed by atoms with E-state index in [1.165, 1.54) is 12.1 Å². The van der Waals surface area contributed by atoms with Crippen molar-refractivity contribution in [1.29, 1.82) is 0 Å². The van der Waals surface area contributed by atoms with Crippen molar-refractivity contribution in [3.8, 4) is 0 Å². The summed E-state index contributed by atoms with van der Waals surface area (Å²) < 4.78 is 33.4. The average Bonchev–Trinajstić information content (AvgIpc) is 2.66. The third kappa shape index (κ3) is 4.94. The van der Waals surface area contributed by atoms with Crippen LogP contribution in [0.5, 0.6) is 0 Å². The number of carbonyl (C=O) groups excluding carboxylic acids is 1. The van der Waals surface area contributed by atoms with E-state index in [1.54, 1.807) is 17.0 Å². The normalized spacial score (nSPS) is 16.9. The molecular formula is C20H24N2O4S. The molecule has 0 spiro atoms. The fourth-order valence-corrected chi connectivity index (χ4v) is 4.09. The lowest BCUT2D eigenvalue weighted by Crippen LogP contribution is -2.50. The molecule has 0 aliphatic carbocycles. The third-order valence-electron chi connectivity index (χ3n) is 4.41. The van der Waals surface area contributed by atoms with Crippen molar-refractivity contribution < 1.29 is 17.9 Å². The van der Waals surface area contributed by atoms with Gasteiger partial charge in [0.15, 0.2) is 0 Å². The number of carbonyl (C=O) groups is 1. The molecule has 1 heterocycles. The summed E-state index contributed by atoms with van der Waals surface area (Å²) >= 11 is 0. The topological polar surface area (TPSA) is 75.7 Å². The lowest BCUT2D eigenvalue weighted by molar-refractivity contribution is -0.0764. The molecule has 7 heteroatoms. The van der Waals surface area contributed by atoms with Crippen LogP contribution in [0.25, 0.3) is 0 Å². The standard InChI is InChI=1S/C20H24N2O4S/c1-20(2)15-22(11-12-26-20)19(23)17-9-6-10-18(13-17)27(24,25)21-14-16-7-4-3-5-8-16/h3-10,13,21H,11-12,14-15H2,1-2H3. The minimum atomic E-state index is -3.71. The molecule has 0 unspecified atom stereocenters. The molecule has 144 valence electrons. The van der Waals surface area contributed by atoms with Crippen LogP contribution in [0.15, 0.2) is 59.5 Å². The molecule has 2 aromatic carbocycles. The third-order valence-corrected chi connectivity index (χ3v) is 5.81. The van der Waals surface area contributed by atoms with E-state index < -0.39 is 15.6 Å². The zero-order valence-corrected chi connectivity index (χ0v) is 16.3. The van der Waals surface area contributed by atoms with Gasteiger partial charge in [-0.3, -0.25) is 4.79 Å². The van der Waals surface area contributed by atoms with E-state index in [0.29, 0.717) is 25.3 Å². The molecule has 0 atom stereocenters. The molecular weight excluding hydrogens is 364 g/mol. The number of rotatable bonds is 5. The summed E-state index contributed by atoms with van der Waals surface area (Å²) in [5.41, 5.74) is 0.814. The first-order valence-electron chi connectivity index (χ1n) is 8.84. The number of nitrogens with one attached hydrogen (secondary N) is 1. The largest absolute Gasteiger partial charge is 0.372 e. The van der Waals surface area contributed by atoms with Crippen molar-refractivity contribution in [2.24, 2.45) is 0 Å². The van der Waals surface area contributed by atoms with E-state index in [4.69, 9.17) is 4.74 Å². The van der Waals surface area contributed by atoms with Gasteiger partial charge >= 0.3 is 0 Å². The summed E-state index contributed by atoms with van der Waals surface area (Å²) in [4.78, 5) is 14.6. The molecule has 1 fully saturated rings. The summed E-state index contributed by atoms with van der Waals surface area (Å²) in [7, 11) is -3.71. The maximum absolute atomic E-state index is 12.8. The molecule has 1 aliphatic heterocycles. The number of hydrogen-bond donors (Lipinski definition) is 1. The summed E-state index contributed by atoms with van der Waals surface area (Å²) in [5.74, 6) is -0.188. The highest BCUT2D eigenvalue weighted by molar-refractivity contribution is 7.89. The zero-order chi connectivity index (χ0) is 19.5. The van der Waals surface area contributed by atoms with Crippen LogP contribution < -0.4 is 4.72 Å². The van der Waals surface area contributed by atoms with Crippen molar-refractivity contribution >= 4 is 15.9 Å². The van der Waals surface area contributed by atoms with E-state index in [-0.39, 0.29) is 17.3 Å². The molecule has 27 heavy (non-hydrogen) atoms. The molecule has 3 rings (SSSR count). The molecule has 1 amide bonds. The Labute approximate surface area is 160 Å². The summed E-state index contributed by atoms with van der Waals surface area (Å²) in [6.45, 7) is 5.48. The van der Waals surface area contributed by atoms with Gasteiger partial charge in [-0.1, -0.05) is 36.4 Å².